The van der Waals surface area contributed by atoms with Crippen molar-refractivity contribution >= 4 is 19.7 Å². The number of aromatic nitrogens is 3. The Morgan fingerprint density at radius 3 is 2.47 bits per heavy atom. The first kappa shape index (κ1) is 14.7. The summed E-state index contributed by atoms with van der Waals surface area (Å²) >= 11 is 0. The summed E-state index contributed by atoms with van der Waals surface area (Å²) in [6, 6.07) is 0. The summed E-state index contributed by atoms with van der Waals surface area (Å²) in [6.07, 6.45) is 2.65. The van der Waals surface area contributed by atoms with E-state index in [1.54, 1.807) is 4.57 Å². The van der Waals surface area contributed by atoms with Gasteiger partial charge < -0.3 is 4.74 Å². The molecule has 8 heteroatoms. The summed E-state index contributed by atoms with van der Waals surface area (Å²) in [6.45, 7) is 6.31. The average molecular weight is 308 g/mol. The van der Waals surface area contributed by atoms with E-state index < -0.39 is 14.6 Å². The predicted octanol–water partition coefficient (Wildman–Crippen LogP) is 2.20. The second-order valence-electron chi connectivity index (χ2n) is 5.64. The van der Waals surface area contributed by atoms with E-state index >= 15 is 0 Å². The molecule has 0 amide bonds. The zero-order chi connectivity index (χ0) is 14.3. The highest BCUT2D eigenvalue weighted by molar-refractivity contribution is 8.13. The maximum atomic E-state index is 11.6. The molecule has 0 bridgehead atoms. The van der Waals surface area contributed by atoms with Crippen molar-refractivity contribution in [3.05, 3.63) is 5.82 Å². The van der Waals surface area contributed by atoms with E-state index in [1.165, 1.54) is 0 Å². The third-order valence-electron chi connectivity index (χ3n) is 3.01. The Morgan fingerprint density at radius 1 is 1.32 bits per heavy atom. The SMILES string of the molecule is CC(C)(C)n1c(C2CCCCO2)nnc1S(=O)(=O)Cl. The molecule has 1 aromatic rings. The van der Waals surface area contributed by atoms with Crippen molar-refractivity contribution in [3.8, 4) is 0 Å². The summed E-state index contributed by atoms with van der Waals surface area (Å²) < 4.78 is 30.4. The van der Waals surface area contributed by atoms with Crippen LogP contribution in [0.4, 0.5) is 0 Å². The molecule has 0 radical (unpaired) electrons. The highest BCUT2D eigenvalue weighted by atomic mass is 35.7. The fourth-order valence-electron chi connectivity index (χ4n) is 2.22. The Hall–Kier alpha value is -0.660. The van der Waals surface area contributed by atoms with Crippen molar-refractivity contribution in [2.75, 3.05) is 6.61 Å². The molecule has 1 fully saturated rings. The molecule has 2 heterocycles. The first-order valence-electron chi connectivity index (χ1n) is 6.23. The number of halogens is 1. The van der Waals surface area contributed by atoms with Gasteiger partial charge in [0.2, 0.25) is 0 Å². The van der Waals surface area contributed by atoms with Crippen LogP contribution in [-0.4, -0.2) is 29.8 Å². The van der Waals surface area contributed by atoms with Crippen LogP contribution in [-0.2, 0) is 19.3 Å². The maximum absolute atomic E-state index is 11.6. The normalized spacial score (nSPS) is 21.6. The van der Waals surface area contributed by atoms with Gasteiger partial charge in [0.05, 0.1) is 0 Å². The molecule has 6 nitrogen and oxygen atoms in total. The Labute approximate surface area is 117 Å². The van der Waals surface area contributed by atoms with E-state index in [0.29, 0.717) is 12.4 Å². The summed E-state index contributed by atoms with van der Waals surface area (Å²) in [4.78, 5) is 0. The van der Waals surface area contributed by atoms with Crippen molar-refractivity contribution < 1.29 is 13.2 Å². The van der Waals surface area contributed by atoms with E-state index in [-0.39, 0.29) is 11.3 Å². The van der Waals surface area contributed by atoms with Gasteiger partial charge in [0, 0.05) is 22.8 Å². The van der Waals surface area contributed by atoms with E-state index in [9.17, 15) is 8.42 Å². The van der Waals surface area contributed by atoms with Crippen LogP contribution < -0.4 is 0 Å². The molecular weight excluding hydrogens is 290 g/mol. The summed E-state index contributed by atoms with van der Waals surface area (Å²) in [5, 5.41) is 7.52. The Balaban J connectivity index is 2.53. The molecule has 1 aliphatic rings. The fourth-order valence-corrected chi connectivity index (χ4v) is 3.25. The average Bonchev–Trinajstić information content (AvgIpc) is 2.74. The quantitative estimate of drug-likeness (QED) is 0.783. The van der Waals surface area contributed by atoms with Crippen LogP contribution in [0.3, 0.4) is 0 Å². The molecule has 108 valence electrons. The van der Waals surface area contributed by atoms with E-state index in [2.05, 4.69) is 10.2 Å². The summed E-state index contributed by atoms with van der Waals surface area (Å²) in [5.41, 5.74) is -0.489. The molecule has 1 unspecified atom stereocenters. The van der Waals surface area contributed by atoms with Gasteiger partial charge in [-0.3, -0.25) is 4.57 Å². The fraction of sp³-hybridized carbons (Fsp3) is 0.818. The Morgan fingerprint density at radius 2 is 2.00 bits per heavy atom. The minimum atomic E-state index is -3.93. The van der Waals surface area contributed by atoms with Gasteiger partial charge in [0.15, 0.2) is 5.82 Å². The highest BCUT2D eigenvalue weighted by Gasteiger charge is 2.33. The first-order chi connectivity index (χ1) is 8.71. The summed E-state index contributed by atoms with van der Waals surface area (Å²) in [5.74, 6) is 0.534. The zero-order valence-corrected chi connectivity index (χ0v) is 12.8. The number of hydrogen-bond acceptors (Lipinski definition) is 5. The van der Waals surface area contributed by atoms with Gasteiger partial charge in [0.25, 0.3) is 14.2 Å². The van der Waals surface area contributed by atoms with Crippen LogP contribution >= 0.6 is 10.7 Å². The molecule has 2 rings (SSSR count). The van der Waals surface area contributed by atoms with Gasteiger partial charge in [-0.15, -0.1) is 10.2 Å². The van der Waals surface area contributed by atoms with Gasteiger partial charge in [-0.05, 0) is 40.0 Å². The second kappa shape index (κ2) is 5.03. The van der Waals surface area contributed by atoms with Crippen molar-refractivity contribution in [1.29, 1.82) is 0 Å². The van der Waals surface area contributed by atoms with Crippen LogP contribution in [0.2, 0.25) is 0 Å². The predicted molar refractivity (Wildman–Crippen MR) is 70.6 cm³/mol. The molecular formula is C11H18ClN3O3S. The lowest BCUT2D eigenvalue weighted by molar-refractivity contribution is 0.00450. The molecule has 19 heavy (non-hydrogen) atoms. The lowest BCUT2D eigenvalue weighted by Gasteiger charge is -2.28. The monoisotopic (exact) mass is 307 g/mol. The van der Waals surface area contributed by atoms with Crippen molar-refractivity contribution in [3.63, 3.8) is 0 Å². The van der Waals surface area contributed by atoms with Crippen LogP contribution in [0.15, 0.2) is 5.16 Å². The molecule has 1 saturated heterocycles. The lowest BCUT2D eigenvalue weighted by Crippen LogP contribution is -2.29. The molecule has 1 atom stereocenters. The molecule has 0 aliphatic carbocycles. The topological polar surface area (TPSA) is 74.1 Å². The standard InChI is InChI=1S/C11H18ClN3O3S/c1-11(2,3)15-9(8-6-4-5-7-18-8)13-14-10(15)19(12,16)17/h8H,4-7H2,1-3H3. The van der Waals surface area contributed by atoms with Crippen LogP contribution in [0.5, 0.6) is 0 Å². The van der Waals surface area contributed by atoms with Gasteiger partial charge in [-0.25, -0.2) is 8.42 Å². The van der Waals surface area contributed by atoms with E-state index in [1.807, 2.05) is 20.8 Å². The first-order valence-corrected chi connectivity index (χ1v) is 8.54. The van der Waals surface area contributed by atoms with Gasteiger partial charge in [0.1, 0.15) is 6.10 Å². The molecule has 0 N–H and O–H groups in total. The molecule has 1 aromatic heterocycles. The van der Waals surface area contributed by atoms with Crippen LogP contribution in [0, 0.1) is 0 Å². The van der Waals surface area contributed by atoms with Crippen molar-refractivity contribution in [2.24, 2.45) is 0 Å². The number of ether oxygens (including phenoxy) is 1. The third-order valence-corrected chi connectivity index (χ3v) is 4.13. The number of nitrogens with zero attached hydrogens (tertiary/aromatic N) is 3. The Kier molecular flexibility index (Phi) is 3.90. The highest BCUT2D eigenvalue weighted by Crippen LogP contribution is 2.32. The zero-order valence-electron chi connectivity index (χ0n) is 11.3. The summed E-state index contributed by atoms with van der Waals surface area (Å²) in [7, 11) is 1.50. The van der Waals surface area contributed by atoms with Crippen molar-refractivity contribution in [1.82, 2.24) is 14.8 Å². The molecule has 0 aromatic carbocycles. The minimum Gasteiger partial charge on any atom is -0.370 e. The molecule has 0 saturated carbocycles. The number of rotatable bonds is 2. The van der Waals surface area contributed by atoms with Gasteiger partial charge in [-0.1, -0.05) is 0 Å². The van der Waals surface area contributed by atoms with Gasteiger partial charge in [-0.2, -0.15) is 0 Å². The Bertz CT molecular complexity index is 556. The largest absolute Gasteiger partial charge is 0.370 e. The lowest BCUT2D eigenvalue weighted by atomic mass is 10.1. The third kappa shape index (κ3) is 3.09. The minimum absolute atomic E-state index is 0.215. The van der Waals surface area contributed by atoms with E-state index in [4.69, 9.17) is 15.4 Å². The number of hydrogen-bond donors (Lipinski definition) is 0. The van der Waals surface area contributed by atoms with Crippen molar-refractivity contribution in [2.45, 2.75) is 56.8 Å². The van der Waals surface area contributed by atoms with Gasteiger partial charge >= 0.3 is 0 Å². The maximum Gasteiger partial charge on any atom is 0.296 e. The second-order valence-corrected chi connectivity index (χ2v) is 8.10. The molecule has 0 spiro atoms. The smallest absolute Gasteiger partial charge is 0.296 e. The molecule has 1 aliphatic heterocycles. The van der Waals surface area contributed by atoms with Crippen LogP contribution in [0.1, 0.15) is 52.0 Å². The van der Waals surface area contributed by atoms with E-state index in [0.717, 1.165) is 19.3 Å². The van der Waals surface area contributed by atoms with Crippen LogP contribution in [0.25, 0.3) is 0 Å².